The number of carbonyl (C=O) groups excluding carboxylic acids is 1. The highest BCUT2D eigenvalue weighted by Crippen LogP contribution is 2.29. The highest BCUT2D eigenvalue weighted by atomic mass is 32.2. The van der Waals surface area contributed by atoms with Crippen molar-refractivity contribution >= 4 is 27.8 Å². The van der Waals surface area contributed by atoms with Gasteiger partial charge < -0.3 is 4.74 Å². The number of esters is 1. The highest BCUT2D eigenvalue weighted by Gasteiger charge is 2.22. The van der Waals surface area contributed by atoms with E-state index in [1.54, 1.807) is 18.7 Å². The quantitative estimate of drug-likeness (QED) is 0.330. The molecule has 0 saturated carbocycles. The minimum absolute atomic E-state index is 0.129. The van der Waals surface area contributed by atoms with E-state index in [1.807, 2.05) is 13.8 Å². The standard InChI is InChI=1S/C13H26O5S2/c1-5-17-12(14)11-13(2,3)19-10-8-6-7-9-18-20(4,15)16/h5-11H2,1-4H3. The summed E-state index contributed by atoms with van der Waals surface area (Å²) in [6.07, 6.45) is 4.08. The first kappa shape index (κ1) is 19.7. The van der Waals surface area contributed by atoms with Gasteiger partial charge in [0.15, 0.2) is 0 Å². The van der Waals surface area contributed by atoms with Crippen molar-refractivity contribution < 1.29 is 22.1 Å². The number of thioether (sulfide) groups is 1. The number of unbranched alkanes of at least 4 members (excludes halogenated alkanes) is 2. The van der Waals surface area contributed by atoms with Crippen molar-refractivity contribution in [2.45, 2.75) is 51.2 Å². The molecular formula is C13H26O5S2. The molecule has 0 aromatic carbocycles. The first-order chi connectivity index (χ1) is 9.16. The van der Waals surface area contributed by atoms with Crippen LogP contribution >= 0.6 is 11.8 Å². The first-order valence-electron chi connectivity index (χ1n) is 6.80. The molecule has 0 saturated heterocycles. The molecule has 0 atom stereocenters. The summed E-state index contributed by atoms with van der Waals surface area (Å²) in [5.41, 5.74) is 0. The Balaban J connectivity index is 3.65. The number of rotatable bonds is 11. The normalized spacial score (nSPS) is 12.4. The lowest BCUT2D eigenvalue weighted by Gasteiger charge is -2.22. The van der Waals surface area contributed by atoms with Gasteiger partial charge in [-0.1, -0.05) is 20.3 Å². The molecular weight excluding hydrogens is 300 g/mol. The van der Waals surface area contributed by atoms with Gasteiger partial charge in [0, 0.05) is 4.75 Å². The molecule has 120 valence electrons. The van der Waals surface area contributed by atoms with Crippen molar-refractivity contribution in [3.05, 3.63) is 0 Å². The maximum atomic E-state index is 11.4. The monoisotopic (exact) mass is 326 g/mol. The van der Waals surface area contributed by atoms with Crippen molar-refractivity contribution in [1.29, 1.82) is 0 Å². The van der Waals surface area contributed by atoms with E-state index in [1.165, 1.54) is 0 Å². The van der Waals surface area contributed by atoms with Crippen LogP contribution in [0.4, 0.5) is 0 Å². The fourth-order valence-corrected chi connectivity index (χ4v) is 3.09. The molecule has 0 aliphatic rings. The summed E-state index contributed by atoms with van der Waals surface area (Å²) in [5, 5.41) is 0. The van der Waals surface area contributed by atoms with E-state index in [-0.39, 0.29) is 17.3 Å². The molecule has 0 unspecified atom stereocenters. The average Bonchev–Trinajstić information content (AvgIpc) is 2.25. The molecule has 0 heterocycles. The van der Waals surface area contributed by atoms with Crippen LogP contribution in [0, 0.1) is 0 Å². The third-order valence-corrected chi connectivity index (χ3v) is 4.47. The van der Waals surface area contributed by atoms with Gasteiger partial charge in [-0.15, -0.1) is 0 Å². The van der Waals surface area contributed by atoms with E-state index in [0.29, 0.717) is 13.0 Å². The van der Waals surface area contributed by atoms with Crippen molar-refractivity contribution in [1.82, 2.24) is 0 Å². The Morgan fingerprint density at radius 2 is 1.85 bits per heavy atom. The smallest absolute Gasteiger partial charge is 0.307 e. The molecule has 0 N–H and O–H groups in total. The van der Waals surface area contributed by atoms with Crippen LogP contribution in [0.3, 0.4) is 0 Å². The summed E-state index contributed by atoms with van der Waals surface area (Å²) >= 11 is 1.74. The lowest BCUT2D eigenvalue weighted by Crippen LogP contribution is -2.22. The van der Waals surface area contributed by atoms with Gasteiger partial charge in [0.1, 0.15) is 0 Å². The molecule has 0 amide bonds. The van der Waals surface area contributed by atoms with Crippen LogP contribution in [-0.2, 0) is 23.8 Å². The fourth-order valence-electron chi connectivity index (χ4n) is 1.55. The van der Waals surface area contributed by atoms with Crippen LogP contribution in [0.2, 0.25) is 0 Å². The second kappa shape index (κ2) is 9.63. The lowest BCUT2D eigenvalue weighted by molar-refractivity contribution is -0.143. The Hall–Kier alpha value is -0.270. The van der Waals surface area contributed by atoms with E-state index < -0.39 is 10.1 Å². The summed E-state index contributed by atoms with van der Waals surface area (Å²) in [6, 6.07) is 0. The van der Waals surface area contributed by atoms with Crippen LogP contribution in [-0.4, -0.2) is 44.4 Å². The second-order valence-corrected chi connectivity index (χ2v) is 8.62. The fraction of sp³-hybridized carbons (Fsp3) is 0.923. The minimum Gasteiger partial charge on any atom is -0.466 e. The van der Waals surface area contributed by atoms with E-state index in [9.17, 15) is 13.2 Å². The summed E-state index contributed by atoms with van der Waals surface area (Å²) in [7, 11) is -3.32. The van der Waals surface area contributed by atoms with Gasteiger partial charge in [-0.3, -0.25) is 8.98 Å². The molecule has 7 heteroatoms. The molecule has 0 bridgehead atoms. The van der Waals surface area contributed by atoms with E-state index in [2.05, 4.69) is 4.18 Å². The second-order valence-electron chi connectivity index (χ2n) is 5.18. The topological polar surface area (TPSA) is 69.7 Å². The average molecular weight is 326 g/mol. The van der Waals surface area contributed by atoms with Crippen molar-refractivity contribution in [2.24, 2.45) is 0 Å². The Kier molecular flexibility index (Phi) is 9.50. The molecule has 0 aliphatic heterocycles. The van der Waals surface area contributed by atoms with Gasteiger partial charge in [-0.2, -0.15) is 20.2 Å². The third kappa shape index (κ3) is 12.7. The molecule has 20 heavy (non-hydrogen) atoms. The van der Waals surface area contributed by atoms with E-state index in [0.717, 1.165) is 31.3 Å². The number of carbonyl (C=O) groups is 1. The maximum absolute atomic E-state index is 11.4. The van der Waals surface area contributed by atoms with E-state index in [4.69, 9.17) is 4.74 Å². The van der Waals surface area contributed by atoms with Gasteiger partial charge in [-0.25, -0.2) is 0 Å². The van der Waals surface area contributed by atoms with Crippen LogP contribution in [0.1, 0.15) is 46.5 Å². The van der Waals surface area contributed by atoms with Crippen molar-refractivity contribution in [3.63, 3.8) is 0 Å². The first-order valence-corrected chi connectivity index (χ1v) is 9.60. The summed E-state index contributed by atoms with van der Waals surface area (Å²) in [4.78, 5) is 11.4. The maximum Gasteiger partial charge on any atom is 0.307 e. The third-order valence-electron chi connectivity index (χ3n) is 2.45. The van der Waals surface area contributed by atoms with Crippen LogP contribution in [0.25, 0.3) is 0 Å². The van der Waals surface area contributed by atoms with Crippen molar-refractivity contribution in [3.8, 4) is 0 Å². The lowest BCUT2D eigenvalue weighted by atomic mass is 10.1. The van der Waals surface area contributed by atoms with Gasteiger partial charge in [0.2, 0.25) is 0 Å². The van der Waals surface area contributed by atoms with Gasteiger partial charge >= 0.3 is 5.97 Å². The summed E-state index contributed by atoms with van der Waals surface area (Å²) < 4.78 is 30.9. The number of hydrogen-bond donors (Lipinski definition) is 0. The summed E-state index contributed by atoms with van der Waals surface area (Å²) in [5.74, 6) is 0.775. The molecule has 0 fully saturated rings. The van der Waals surface area contributed by atoms with Gasteiger partial charge in [0.05, 0.1) is 25.9 Å². The summed E-state index contributed by atoms with van der Waals surface area (Å²) in [6.45, 7) is 6.52. The predicted molar refractivity (Wildman–Crippen MR) is 82.4 cm³/mol. The molecule has 5 nitrogen and oxygen atoms in total. The Labute approximate surface area is 126 Å². The van der Waals surface area contributed by atoms with Gasteiger partial charge in [0.25, 0.3) is 10.1 Å². The van der Waals surface area contributed by atoms with Crippen LogP contribution < -0.4 is 0 Å². The van der Waals surface area contributed by atoms with E-state index >= 15 is 0 Å². The SMILES string of the molecule is CCOC(=O)CC(C)(C)SCCCCCOS(C)(=O)=O. The predicted octanol–water partition coefficient (Wildman–Crippen LogP) is 2.60. The molecule has 0 aromatic rings. The molecule has 0 aromatic heterocycles. The number of hydrogen-bond acceptors (Lipinski definition) is 6. The number of ether oxygens (including phenoxy) is 1. The molecule has 0 aliphatic carbocycles. The Morgan fingerprint density at radius 1 is 1.20 bits per heavy atom. The van der Waals surface area contributed by atoms with Gasteiger partial charge in [-0.05, 0) is 25.5 Å². The highest BCUT2D eigenvalue weighted by molar-refractivity contribution is 8.00. The zero-order valence-electron chi connectivity index (χ0n) is 12.8. The largest absolute Gasteiger partial charge is 0.466 e. The molecule has 0 rings (SSSR count). The molecule has 0 spiro atoms. The van der Waals surface area contributed by atoms with Crippen molar-refractivity contribution in [2.75, 3.05) is 25.2 Å². The zero-order chi connectivity index (χ0) is 15.6. The Bertz CT molecular complexity index is 376. The minimum atomic E-state index is -3.32. The molecule has 0 radical (unpaired) electrons. The van der Waals surface area contributed by atoms with Crippen LogP contribution in [0.5, 0.6) is 0 Å². The Morgan fingerprint density at radius 3 is 2.40 bits per heavy atom. The zero-order valence-corrected chi connectivity index (χ0v) is 14.4. The van der Waals surface area contributed by atoms with Crippen LogP contribution in [0.15, 0.2) is 0 Å².